The van der Waals surface area contributed by atoms with E-state index in [4.69, 9.17) is 9.47 Å². The third kappa shape index (κ3) is 4.06. The number of nitrogens with zero attached hydrogens (tertiary/aromatic N) is 2. The van der Waals surface area contributed by atoms with Crippen molar-refractivity contribution in [2.45, 2.75) is 19.1 Å². The molecule has 1 N–H and O–H groups in total. The molecule has 2 atom stereocenters. The second-order valence-corrected chi connectivity index (χ2v) is 5.88. The van der Waals surface area contributed by atoms with Crippen molar-refractivity contribution in [2.24, 2.45) is 0 Å². The van der Waals surface area contributed by atoms with Gasteiger partial charge in [-0.3, -0.25) is 5.32 Å². The number of halogens is 1. The highest BCUT2D eigenvalue weighted by Crippen LogP contribution is 2.27. The number of amides is 2. The van der Waals surface area contributed by atoms with Crippen molar-refractivity contribution in [1.29, 1.82) is 0 Å². The Morgan fingerprint density at radius 3 is 2.80 bits per heavy atom. The lowest BCUT2D eigenvalue weighted by Crippen LogP contribution is -2.47. The van der Waals surface area contributed by atoms with Crippen molar-refractivity contribution >= 4 is 11.8 Å². The number of benzene rings is 1. The van der Waals surface area contributed by atoms with E-state index in [1.54, 1.807) is 35.4 Å². The first-order valence-corrected chi connectivity index (χ1v) is 8.02. The number of methoxy groups -OCH3 is 1. The van der Waals surface area contributed by atoms with Gasteiger partial charge in [0.15, 0.2) is 11.6 Å². The summed E-state index contributed by atoms with van der Waals surface area (Å²) in [7, 11) is 1.52. The Hall–Kier alpha value is -2.67. The van der Waals surface area contributed by atoms with Crippen LogP contribution >= 0.6 is 0 Å². The topological polar surface area (TPSA) is 63.7 Å². The van der Waals surface area contributed by atoms with E-state index in [2.05, 4.69) is 10.3 Å². The number of hydrogen-bond acceptors (Lipinski definition) is 4. The van der Waals surface area contributed by atoms with Gasteiger partial charge in [0.1, 0.15) is 11.9 Å². The standard InChI is InChI=1S/C18H20FN3O3/c1-12-10-22(11-16(25-12)13-5-7-14(19)8-6-13)18(23)21-17-15(24-2)4-3-9-20-17/h3-9,12,16H,10-11H2,1-2H3,(H,20,21,23)/t12-,16+/m0/s1. The number of pyridine rings is 1. The van der Waals surface area contributed by atoms with Crippen molar-refractivity contribution in [3.63, 3.8) is 0 Å². The molecule has 3 rings (SSSR count). The SMILES string of the molecule is COc1cccnc1NC(=O)N1C[C@H](C)O[C@@H](c2ccc(F)cc2)C1. The van der Waals surface area contributed by atoms with Gasteiger partial charge in [0.05, 0.1) is 19.8 Å². The van der Waals surface area contributed by atoms with Gasteiger partial charge in [-0.25, -0.2) is 14.2 Å². The maximum absolute atomic E-state index is 13.1. The third-order valence-corrected chi connectivity index (χ3v) is 4.01. The minimum Gasteiger partial charge on any atom is -0.493 e. The maximum Gasteiger partial charge on any atom is 0.323 e. The fourth-order valence-electron chi connectivity index (χ4n) is 2.81. The quantitative estimate of drug-likeness (QED) is 0.928. The molecule has 0 bridgehead atoms. The summed E-state index contributed by atoms with van der Waals surface area (Å²) in [5.41, 5.74) is 0.834. The summed E-state index contributed by atoms with van der Waals surface area (Å²) in [4.78, 5) is 18.4. The number of morpholine rings is 1. The first-order valence-electron chi connectivity index (χ1n) is 8.02. The first-order chi connectivity index (χ1) is 12.1. The van der Waals surface area contributed by atoms with E-state index in [1.165, 1.54) is 19.2 Å². The molecule has 1 saturated heterocycles. The average molecular weight is 345 g/mol. The molecule has 1 fully saturated rings. The van der Waals surface area contributed by atoms with Crippen LogP contribution in [0.5, 0.6) is 5.75 Å². The van der Waals surface area contributed by atoms with Gasteiger partial charge in [0, 0.05) is 12.7 Å². The molecule has 1 aliphatic rings. The fraction of sp³-hybridized carbons (Fsp3) is 0.333. The lowest BCUT2D eigenvalue weighted by atomic mass is 10.1. The van der Waals surface area contributed by atoms with E-state index in [1.807, 2.05) is 6.92 Å². The number of ether oxygens (including phenoxy) is 2. The summed E-state index contributed by atoms with van der Waals surface area (Å²) in [6.07, 6.45) is 1.14. The Morgan fingerprint density at radius 2 is 2.08 bits per heavy atom. The molecule has 0 saturated carbocycles. The first kappa shape index (κ1) is 17.2. The Kier molecular flexibility index (Phi) is 5.14. The molecule has 0 aliphatic carbocycles. The summed E-state index contributed by atoms with van der Waals surface area (Å²) in [6.45, 7) is 2.73. The third-order valence-electron chi connectivity index (χ3n) is 4.01. The summed E-state index contributed by atoms with van der Waals surface area (Å²) in [6, 6.07) is 9.31. The van der Waals surface area contributed by atoms with E-state index in [0.29, 0.717) is 24.7 Å². The van der Waals surface area contributed by atoms with Crippen molar-refractivity contribution in [1.82, 2.24) is 9.88 Å². The summed E-state index contributed by atoms with van der Waals surface area (Å²) in [5.74, 6) is 0.559. The van der Waals surface area contributed by atoms with Gasteiger partial charge in [-0.1, -0.05) is 12.1 Å². The van der Waals surface area contributed by atoms with Crippen LogP contribution in [0.25, 0.3) is 0 Å². The molecule has 0 spiro atoms. The summed E-state index contributed by atoms with van der Waals surface area (Å²) < 4.78 is 24.2. The molecular weight excluding hydrogens is 325 g/mol. The Balaban J connectivity index is 1.72. The Morgan fingerprint density at radius 1 is 1.32 bits per heavy atom. The second-order valence-electron chi connectivity index (χ2n) is 5.88. The predicted molar refractivity (Wildman–Crippen MR) is 91.1 cm³/mol. The van der Waals surface area contributed by atoms with Crippen LogP contribution in [0.1, 0.15) is 18.6 Å². The van der Waals surface area contributed by atoms with E-state index < -0.39 is 0 Å². The molecule has 2 aromatic rings. The van der Waals surface area contributed by atoms with Crippen LogP contribution in [0.3, 0.4) is 0 Å². The number of carbonyl (C=O) groups excluding carboxylic acids is 1. The van der Waals surface area contributed by atoms with E-state index in [9.17, 15) is 9.18 Å². The summed E-state index contributed by atoms with van der Waals surface area (Å²) >= 11 is 0. The van der Waals surface area contributed by atoms with E-state index in [0.717, 1.165) is 5.56 Å². The van der Waals surface area contributed by atoms with E-state index >= 15 is 0 Å². The minimum atomic E-state index is -0.305. The van der Waals surface area contributed by atoms with E-state index in [-0.39, 0.29) is 24.1 Å². The summed E-state index contributed by atoms with van der Waals surface area (Å²) in [5, 5.41) is 2.77. The monoisotopic (exact) mass is 345 g/mol. The van der Waals surface area contributed by atoms with Crippen molar-refractivity contribution < 1.29 is 18.7 Å². The van der Waals surface area contributed by atoms with Gasteiger partial charge in [0.2, 0.25) is 0 Å². The molecule has 132 valence electrons. The minimum absolute atomic E-state index is 0.139. The van der Waals surface area contributed by atoms with Crippen molar-refractivity contribution in [3.05, 3.63) is 54.0 Å². The number of anilines is 1. The average Bonchev–Trinajstić information content (AvgIpc) is 2.62. The van der Waals surface area contributed by atoms with Gasteiger partial charge in [-0.15, -0.1) is 0 Å². The van der Waals surface area contributed by atoms with Crippen LogP contribution in [0, 0.1) is 5.82 Å². The van der Waals surface area contributed by atoms with Gasteiger partial charge >= 0.3 is 6.03 Å². The number of urea groups is 1. The number of hydrogen-bond donors (Lipinski definition) is 1. The van der Waals surface area contributed by atoms with Crippen molar-refractivity contribution in [3.8, 4) is 5.75 Å². The molecule has 1 aliphatic heterocycles. The van der Waals surface area contributed by atoms with Crippen LogP contribution < -0.4 is 10.1 Å². The van der Waals surface area contributed by atoms with Crippen molar-refractivity contribution in [2.75, 3.05) is 25.5 Å². The zero-order valence-electron chi connectivity index (χ0n) is 14.1. The maximum atomic E-state index is 13.1. The molecule has 25 heavy (non-hydrogen) atoms. The molecule has 1 aromatic heterocycles. The second kappa shape index (κ2) is 7.48. The number of nitrogens with one attached hydrogen (secondary N) is 1. The van der Waals surface area contributed by atoms with Crippen LogP contribution in [0.15, 0.2) is 42.6 Å². The Bertz CT molecular complexity index is 739. The van der Waals surface area contributed by atoms with Crippen LogP contribution in [0.4, 0.5) is 15.0 Å². The van der Waals surface area contributed by atoms with Gasteiger partial charge in [0.25, 0.3) is 0 Å². The number of rotatable bonds is 3. The zero-order valence-corrected chi connectivity index (χ0v) is 14.1. The van der Waals surface area contributed by atoms with Crippen LogP contribution in [-0.2, 0) is 4.74 Å². The highest BCUT2D eigenvalue weighted by atomic mass is 19.1. The fourth-order valence-corrected chi connectivity index (χ4v) is 2.81. The molecule has 0 radical (unpaired) electrons. The molecule has 1 aromatic carbocycles. The highest BCUT2D eigenvalue weighted by molar-refractivity contribution is 5.89. The van der Waals surface area contributed by atoms with Gasteiger partial charge in [-0.05, 0) is 36.8 Å². The smallest absolute Gasteiger partial charge is 0.323 e. The normalized spacial score (nSPS) is 20.2. The molecular formula is C18H20FN3O3. The zero-order chi connectivity index (χ0) is 17.8. The molecule has 2 heterocycles. The predicted octanol–water partition coefficient (Wildman–Crippen LogP) is 3.22. The lowest BCUT2D eigenvalue weighted by molar-refractivity contribution is -0.0643. The molecule has 2 amide bonds. The van der Waals surface area contributed by atoms with Gasteiger partial charge < -0.3 is 14.4 Å². The van der Waals surface area contributed by atoms with Crippen LogP contribution in [0.2, 0.25) is 0 Å². The molecule has 7 heteroatoms. The molecule has 0 unspecified atom stereocenters. The lowest BCUT2D eigenvalue weighted by Gasteiger charge is -2.37. The van der Waals surface area contributed by atoms with Crippen LogP contribution in [-0.4, -0.2) is 42.2 Å². The van der Waals surface area contributed by atoms with Gasteiger partial charge in [-0.2, -0.15) is 0 Å². The highest BCUT2D eigenvalue weighted by Gasteiger charge is 2.30. The number of carbonyl (C=O) groups is 1. The largest absolute Gasteiger partial charge is 0.493 e. The molecule has 6 nitrogen and oxygen atoms in total. The Labute approximate surface area is 145 Å². The number of aromatic nitrogens is 1.